The van der Waals surface area contributed by atoms with Crippen LogP contribution in [0.3, 0.4) is 0 Å². The minimum absolute atomic E-state index is 0.0970. The molecular weight excluding hydrogens is 340 g/mol. The predicted molar refractivity (Wildman–Crippen MR) is 97.4 cm³/mol. The molecule has 5 heteroatoms. The van der Waals surface area contributed by atoms with E-state index >= 15 is 0 Å². The third kappa shape index (κ3) is 5.80. The van der Waals surface area contributed by atoms with E-state index in [2.05, 4.69) is 19.1 Å². The van der Waals surface area contributed by atoms with Crippen molar-refractivity contribution in [3.05, 3.63) is 47.0 Å². The summed E-state index contributed by atoms with van der Waals surface area (Å²) < 4.78 is 23.3. The number of hydrogen-bond donors (Lipinski definition) is 0. The Morgan fingerprint density at radius 3 is 2.28 bits per heavy atom. The highest BCUT2D eigenvalue weighted by molar-refractivity contribution is 6.30. The Kier molecular flexibility index (Phi) is 7.32. The smallest absolute Gasteiger partial charge is 0.183 e. The number of benzene rings is 1. The first-order valence-corrected chi connectivity index (χ1v) is 9.51. The van der Waals surface area contributed by atoms with Crippen LogP contribution in [0.25, 0.3) is 0 Å². The molecule has 1 aromatic carbocycles. The molecule has 0 aromatic heterocycles. The van der Waals surface area contributed by atoms with Gasteiger partial charge in [0, 0.05) is 22.4 Å². The highest BCUT2D eigenvalue weighted by Gasteiger charge is 2.26. The fourth-order valence-corrected chi connectivity index (χ4v) is 3.18. The summed E-state index contributed by atoms with van der Waals surface area (Å²) in [6.45, 7) is 5.02. The van der Waals surface area contributed by atoms with E-state index in [1.807, 2.05) is 24.3 Å². The van der Waals surface area contributed by atoms with Gasteiger partial charge in [0.05, 0.1) is 26.4 Å². The number of ether oxygens (including phenoxy) is 4. The molecule has 2 heterocycles. The molecule has 2 aliphatic rings. The van der Waals surface area contributed by atoms with Gasteiger partial charge in [-0.25, -0.2) is 0 Å². The van der Waals surface area contributed by atoms with Crippen molar-refractivity contribution in [2.75, 3.05) is 26.4 Å². The van der Waals surface area contributed by atoms with Gasteiger partial charge in [-0.3, -0.25) is 0 Å². The molecule has 2 aliphatic heterocycles. The van der Waals surface area contributed by atoms with E-state index in [1.165, 1.54) is 0 Å². The minimum Gasteiger partial charge on any atom is -0.352 e. The van der Waals surface area contributed by atoms with E-state index < -0.39 is 0 Å². The van der Waals surface area contributed by atoms with Crippen molar-refractivity contribution in [1.82, 2.24) is 0 Å². The maximum Gasteiger partial charge on any atom is 0.183 e. The second-order valence-electron chi connectivity index (χ2n) is 6.69. The van der Waals surface area contributed by atoms with Crippen LogP contribution in [0.5, 0.6) is 0 Å². The van der Waals surface area contributed by atoms with Gasteiger partial charge in [0.1, 0.15) is 0 Å². The lowest BCUT2D eigenvalue weighted by Crippen LogP contribution is -2.33. The molecule has 0 N–H and O–H groups in total. The fraction of sp³-hybridized carbons (Fsp3) is 0.600. The van der Waals surface area contributed by atoms with Crippen molar-refractivity contribution in [2.24, 2.45) is 11.8 Å². The molecule has 0 amide bonds. The summed E-state index contributed by atoms with van der Waals surface area (Å²) in [5.41, 5.74) is 1.01. The van der Waals surface area contributed by atoms with Gasteiger partial charge in [0.25, 0.3) is 0 Å². The number of rotatable bonds is 6. The predicted octanol–water partition coefficient (Wildman–Crippen LogP) is 4.74. The molecule has 2 fully saturated rings. The van der Waals surface area contributed by atoms with Crippen LogP contribution in [0.2, 0.25) is 5.02 Å². The summed E-state index contributed by atoms with van der Waals surface area (Å²) in [5, 5.41) is 0.720. The van der Waals surface area contributed by atoms with Crippen molar-refractivity contribution in [2.45, 2.75) is 38.8 Å². The lowest BCUT2D eigenvalue weighted by Gasteiger charge is -2.32. The van der Waals surface area contributed by atoms with Crippen LogP contribution in [0, 0.1) is 11.8 Å². The average Bonchev–Trinajstić information content (AvgIpc) is 2.67. The Bertz CT molecular complexity index is 529. The molecule has 2 saturated heterocycles. The lowest BCUT2D eigenvalue weighted by atomic mass is 10.0. The van der Waals surface area contributed by atoms with Crippen molar-refractivity contribution >= 4 is 11.6 Å². The monoisotopic (exact) mass is 366 g/mol. The Morgan fingerprint density at radius 2 is 1.64 bits per heavy atom. The Morgan fingerprint density at radius 1 is 0.960 bits per heavy atom. The third-order valence-electron chi connectivity index (χ3n) is 4.56. The highest BCUT2D eigenvalue weighted by atomic mass is 35.5. The van der Waals surface area contributed by atoms with Gasteiger partial charge in [-0.2, -0.15) is 0 Å². The van der Waals surface area contributed by atoms with Gasteiger partial charge in [-0.15, -0.1) is 0 Å². The van der Waals surface area contributed by atoms with Crippen LogP contribution >= 0.6 is 11.6 Å². The van der Waals surface area contributed by atoms with E-state index in [-0.39, 0.29) is 12.6 Å². The second-order valence-corrected chi connectivity index (χ2v) is 7.12. The van der Waals surface area contributed by atoms with Gasteiger partial charge in [0.2, 0.25) is 0 Å². The second kappa shape index (κ2) is 9.70. The van der Waals surface area contributed by atoms with Crippen molar-refractivity contribution < 1.29 is 18.9 Å². The summed E-state index contributed by atoms with van der Waals surface area (Å²) in [6.07, 6.45) is 6.89. The Labute approximate surface area is 155 Å². The normalized spacial score (nSPS) is 30.6. The van der Waals surface area contributed by atoms with Gasteiger partial charge in [-0.1, -0.05) is 42.8 Å². The maximum atomic E-state index is 5.91. The van der Waals surface area contributed by atoms with Crippen molar-refractivity contribution in [3.8, 4) is 0 Å². The number of halogens is 1. The fourth-order valence-electron chi connectivity index (χ4n) is 3.06. The van der Waals surface area contributed by atoms with E-state index in [1.54, 1.807) is 0 Å². The largest absolute Gasteiger partial charge is 0.352 e. The zero-order valence-corrected chi connectivity index (χ0v) is 15.5. The molecule has 0 atom stereocenters. The van der Waals surface area contributed by atoms with Gasteiger partial charge >= 0.3 is 0 Å². The molecular formula is C20H27ClO4. The molecule has 0 spiro atoms. The quantitative estimate of drug-likeness (QED) is 0.681. The SMILES string of the molecule is CCC=CC1COC(CCC2COC(c3ccc(Cl)cc3)OC2)OC1. The van der Waals surface area contributed by atoms with Crippen LogP contribution < -0.4 is 0 Å². The highest BCUT2D eigenvalue weighted by Crippen LogP contribution is 2.28. The zero-order chi connectivity index (χ0) is 17.5. The number of hydrogen-bond acceptors (Lipinski definition) is 4. The van der Waals surface area contributed by atoms with E-state index in [0.29, 0.717) is 25.0 Å². The molecule has 0 bridgehead atoms. The average molecular weight is 367 g/mol. The Hall–Kier alpha value is -0.910. The molecule has 3 rings (SSSR count). The summed E-state index contributed by atoms with van der Waals surface area (Å²) in [6, 6.07) is 7.60. The van der Waals surface area contributed by atoms with Gasteiger partial charge in [-0.05, 0) is 31.4 Å². The summed E-state index contributed by atoms with van der Waals surface area (Å²) in [7, 11) is 0. The molecule has 25 heavy (non-hydrogen) atoms. The van der Waals surface area contributed by atoms with Crippen LogP contribution in [-0.2, 0) is 18.9 Å². The summed E-state index contributed by atoms with van der Waals surface area (Å²) >= 11 is 5.91. The van der Waals surface area contributed by atoms with E-state index in [4.69, 9.17) is 30.5 Å². The topological polar surface area (TPSA) is 36.9 Å². The van der Waals surface area contributed by atoms with Crippen LogP contribution in [0.4, 0.5) is 0 Å². The first kappa shape index (κ1) is 18.9. The molecule has 4 nitrogen and oxygen atoms in total. The molecule has 1 aromatic rings. The van der Waals surface area contributed by atoms with Crippen LogP contribution in [-0.4, -0.2) is 32.7 Å². The van der Waals surface area contributed by atoms with Crippen molar-refractivity contribution in [3.63, 3.8) is 0 Å². The first-order chi connectivity index (χ1) is 12.2. The molecule has 138 valence electrons. The van der Waals surface area contributed by atoms with Gasteiger partial charge < -0.3 is 18.9 Å². The molecule has 0 saturated carbocycles. The molecule has 0 aliphatic carbocycles. The third-order valence-corrected chi connectivity index (χ3v) is 4.81. The maximum absolute atomic E-state index is 5.91. The van der Waals surface area contributed by atoms with Gasteiger partial charge in [0.15, 0.2) is 12.6 Å². The lowest BCUT2D eigenvalue weighted by molar-refractivity contribution is -0.217. The van der Waals surface area contributed by atoms with E-state index in [0.717, 1.165) is 43.1 Å². The van der Waals surface area contributed by atoms with Crippen LogP contribution in [0.1, 0.15) is 38.0 Å². The van der Waals surface area contributed by atoms with Crippen molar-refractivity contribution in [1.29, 1.82) is 0 Å². The van der Waals surface area contributed by atoms with Crippen LogP contribution in [0.15, 0.2) is 36.4 Å². The molecule has 0 unspecified atom stereocenters. The summed E-state index contributed by atoms with van der Waals surface area (Å²) in [4.78, 5) is 0. The number of allylic oxidation sites excluding steroid dienone is 1. The summed E-state index contributed by atoms with van der Waals surface area (Å²) in [5.74, 6) is 0.770. The minimum atomic E-state index is -0.290. The Balaban J connectivity index is 1.34. The standard InChI is InChI=1S/C20H27ClO4/c1-2-3-4-15-11-22-19(23-12-15)10-5-16-13-24-20(25-14-16)17-6-8-18(21)9-7-17/h3-4,6-9,15-16,19-20H,2,5,10-14H2,1H3. The van der Waals surface area contributed by atoms with E-state index in [9.17, 15) is 0 Å². The first-order valence-electron chi connectivity index (χ1n) is 9.13. The molecule has 0 radical (unpaired) electrons. The zero-order valence-electron chi connectivity index (χ0n) is 14.7.